The second-order valence-electron chi connectivity index (χ2n) is 1.62. The van der Waals surface area contributed by atoms with Crippen LogP contribution < -0.4 is 11.5 Å². The molecule has 0 aliphatic carbocycles. The molecule has 0 rings (SSSR count). The van der Waals surface area contributed by atoms with Gasteiger partial charge in [0.2, 0.25) is 11.8 Å². The Morgan fingerprint density at radius 3 is 1.67 bits per heavy atom. The summed E-state index contributed by atoms with van der Waals surface area (Å²) >= 11 is 0. The highest BCUT2D eigenvalue weighted by Gasteiger charge is 2.18. The largest absolute Gasteiger partial charge is 0.369 e. The van der Waals surface area contributed by atoms with Gasteiger partial charge in [-0.15, -0.1) is 0 Å². The molecule has 9 heavy (non-hydrogen) atoms. The summed E-state index contributed by atoms with van der Waals surface area (Å²) in [6.45, 7) is 1.56. The average Bonchev–Trinajstić information content (AvgIpc) is 1.64. The van der Waals surface area contributed by atoms with E-state index in [0.29, 0.717) is 0 Å². The van der Waals surface area contributed by atoms with E-state index < -0.39 is 17.7 Å². The van der Waals surface area contributed by atoms with Crippen LogP contribution in [0.3, 0.4) is 0 Å². The topological polar surface area (TPSA) is 86.2 Å². The number of carbonyl (C=O) groups excluding carboxylic acids is 2. The zero-order valence-corrected chi connectivity index (χ0v) is 5.13. The number of primary amides is 2. The van der Waals surface area contributed by atoms with Gasteiger partial charge in [-0.1, -0.05) is 6.92 Å². The standard InChI is InChI=1S/C5H9N2O2/c1-2-3(4(6)8)5(7)9/h2-3H,1H3,(H2,6,8)(H2,7,9). The molecular formula is C5H9N2O2. The Kier molecular flexibility index (Phi) is 2.70. The summed E-state index contributed by atoms with van der Waals surface area (Å²) in [5.74, 6) is -2.33. The molecule has 0 unspecified atom stereocenters. The third-order valence-electron chi connectivity index (χ3n) is 0.946. The van der Waals surface area contributed by atoms with Gasteiger partial charge in [-0.05, 0) is 6.42 Å². The summed E-state index contributed by atoms with van der Waals surface area (Å²) in [5, 5.41) is 0. The molecule has 0 aromatic heterocycles. The van der Waals surface area contributed by atoms with Crippen LogP contribution in [0.2, 0.25) is 0 Å². The predicted octanol–water partition coefficient (Wildman–Crippen LogP) is -1.20. The lowest BCUT2D eigenvalue weighted by Gasteiger charge is -2.02. The summed E-state index contributed by atoms with van der Waals surface area (Å²) in [6.07, 6.45) is 1.37. The van der Waals surface area contributed by atoms with Crippen LogP contribution in [-0.2, 0) is 9.59 Å². The summed E-state index contributed by atoms with van der Waals surface area (Å²) in [4.78, 5) is 20.5. The second-order valence-corrected chi connectivity index (χ2v) is 1.62. The molecule has 0 aromatic carbocycles. The molecule has 0 atom stereocenters. The third-order valence-corrected chi connectivity index (χ3v) is 0.946. The van der Waals surface area contributed by atoms with Crippen LogP contribution in [0, 0.1) is 12.3 Å². The van der Waals surface area contributed by atoms with E-state index in [9.17, 15) is 9.59 Å². The van der Waals surface area contributed by atoms with Gasteiger partial charge in [-0.25, -0.2) is 0 Å². The van der Waals surface area contributed by atoms with Gasteiger partial charge in [0.25, 0.3) is 0 Å². The Hall–Kier alpha value is -1.06. The fourth-order valence-corrected chi connectivity index (χ4v) is 0.469. The maximum Gasteiger partial charge on any atom is 0.230 e. The Balaban J connectivity index is 3.99. The molecule has 0 saturated carbocycles. The Morgan fingerprint density at radius 2 is 1.67 bits per heavy atom. The van der Waals surface area contributed by atoms with Crippen molar-refractivity contribution >= 4 is 11.8 Å². The van der Waals surface area contributed by atoms with Gasteiger partial charge in [0.15, 0.2) is 0 Å². The summed E-state index contributed by atoms with van der Waals surface area (Å²) < 4.78 is 0. The van der Waals surface area contributed by atoms with Crippen molar-refractivity contribution in [2.75, 3.05) is 0 Å². The van der Waals surface area contributed by atoms with E-state index in [-0.39, 0.29) is 0 Å². The van der Waals surface area contributed by atoms with Crippen LogP contribution in [-0.4, -0.2) is 11.8 Å². The van der Waals surface area contributed by atoms with Crippen LogP contribution in [0.1, 0.15) is 6.92 Å². The first-order valence-electron chi connectivity index (χ1n) is 2.47. The minimum Gasteiger partial charge on any atom is -0.369 e. The van der Waals surface area contributed by atoms with E-state index in [4.69, 9.17) is 11.5 Å². The Labute approximate surface area is 53.2 Å². The quantitative estimate of drug-likeness (QED) is 0.469. The van der Waals surface area contributed by atoms with E-state index in [1.807, 2.05) is 0 Å². The molecule has 0 bridgehead atoms. The maximum atomic E-state index is 10.3. The lowest BCUT2D eigenvalue weighted by atomic mass is 10.1. The Bertz CT molecular complexity index is 119. The van der Waals surface area contributed by atoms with Crippen LogP contribution in [0.4, 0.5) is 0 Å². The number of carbonyl (C=O) groups is 2. The summed E-state index contributed by atoms with van der Waals surface area (Å²) in [7, 11) is 0. The van der Waals surface area contributed by atoms with Crippen molar-refractivity contribution in [3.63, 3.8) is 0 Å². The van der Waals surface area contributed by atoms with E-state index in [1.54, 1.807) is 6.92 Å². The van der Waals surface area contributed by atoms with Gasteiger partial charge in [0.1, 0.15) is 5.92 Å². The van der Waals surface area contributed by atoms with Crippen molar-refractivity contribution in [1.82, 2.24) is 0 Å². The molecule has 2 amide bonds. The smallest absolute Gasteiger partial charge is 0.230 e. The van der Waals surface area contributed by atoms with Crippen LogP contribution in [0.25, 0.3) is 0 Å². The maximum absolute atomic E-state index is 10.3. The molecule has 0 fully saturated rings. The van der Waals surface area contributed by atoms with Gasteiger partial charge >= 0.3 is 0 Å². The summed E-state index contributed by atoms with van der Waals surface area (Å²) in [5.41, 5.74) is 9.55. The van der Waals surface area contributed by atoms with Crippen molar-refractivity contribution in [3.05, 3.63) is 6.42 Å². The normalized spacial score (nSPS) is 9.56. The molecule has 4 N–H and O–H groups in total. The van der Waals surface area contributed by atoms with Gasteiger partial charge in [0, 0.05) is 0 Å². The fourth-order valence-electron chi connectivity index (χ4n) is 0.469. The van der Waals surface area contributed by atoms with Crippen molar-refractivity contribution in [2.24, 2.45) is 17.4 Å². The number of hydrogen-bond acceptors (Lipinski definition) is 2. The van der Waals surface area contributed by atoms with Crippen molar-refractivity contribution in [2.45, 2.75) is 6.92 Å². The number of hydrogen-bond donors (Lipinski definition) is 2. The molecule has 0 aliphatic heterocycles. The first-order chi connectivity index (χ1) is 4.09. The van der Waals surface area contributed by atoms with Crippen molar-refractivity contribution in [3.8, 4) is 0 Å². The van der Waals surface area contributed by atoms with Crippen LogP contribution in [0.15, 0.2) is 0 Å². The highest BCUT2D eigenvalue weighted by atomic mass is 16.2. The lowest BCUT2D eigenvalue weighted by molar-refractivity contribution is -0.130. The third kappa shape index (κ3) is 2.12. The number of rotatable bonds is 3. The van der Waals surface area contributed by atoms with Gasteiger partial charge in [-0.3, -0.25) is 9.59 Å². The average molecular weight is 129 g/mol. The van der Waals surface area contributed by atoms with Gasteiger partial charge in [-0.2, -0.15) is 0 Å². The monoisotopic (exact) mass is 129 g/mol. The van der Waals surface area contributed by atoms with E-state index in [2.05, 4.69) is 0 Å². The predicted molar refractivity (Wildman–Crippen MR) is 31.9 cm³/mol. The number of nitrogens with two attached hydrogens (primary N) is 2. The molecule has 0 saturated heterocycles. The molecule has 1 radical (unpaired) electrons. The first kappa shape index (κ1) is 7.94. The summed E-state index contributed by atoms with van der Waals surface area (Å²) in [6, 6.07) is 0. The second kappa shape index (κ2) is 3.06. The van der Waals surface area contributed by atoms with Crippen LogP contribution in [0.5, 0.6) is 0 Å². The minimum absolute atomic E-state index is 0.704. The zero-order valence-electron chi connectivity index (χ0n) is 5.13. The molecule has 51 valence electrons. The van der Waals surface area contributed by atoms with E-state index in [1.165, 1.54) is 6.42 Å². The zero-order chi connectivity index (χ0) is 7.44. The SMILES string of the molecule is C[CH]C(C(N)=O)C(N)=O. The minimum atomic E-state index is -0.926. The molecule has 4 heteroatoms. The Morgan fingerprint density at radius 1 is 1.33 bits per heavy atom. The molecule has 0 heterocycles. The molecule has 0 aliphatic rings. The van der Waals surface area contributed by atoms with Crippen molar-refractivity contribution < 1.29 is 9.59 Å². The molecule has 0 spiro atoms. The molecular weight excluding hydrogens is 120 g/mol. The fraction of sp³-hybridized carbons (Fsp3) is 0.400. The van der Waals surface area contributed by atoms with Gasteiger partial charge < -0.3 is 11.5 Å². The van der Waals surface area contributed by atoms with Crippen LogP contribution >= 0.6 is 0 Å². The first-order valence-corrected chi connectivity index (χ1v) is 2.47. The van der Waals surface area contributed by atoms with E-state index in [0.717, 1.165) is 0 Å². The highest BCUT2D eigenvalue weighted by Crippen LogP contribution is 1.96. The molecule has 4 nitrogen and oxygen atoms in total. The molecule has 0 aromatic rings. The van der Waals surface area contributed by atoms with Gasteiger partial charge in [0.05, 0.1) is 0 Å². The highest BCUT2D eigenvalue weighted by molar-refractivity contribution is 6.00. The van der Waals surface area contributed by atoms with E-state index >= 15 is 0 Å². The van der Waals surface area contributed by atoms with Crippen molar-refractivity contribution in [1.29, 1.82) is 0 Å². The number of amides is 2. The lowest BCUT2D eigenvalue weighted by Crippen LogP contribution is -2.34.